The van der Waals surface area contributed by atoms with Crippen molar-refractivity contribution < 1.29 is 19.1 Å². The van der Waals surface area contributed by atoms with Crippen molar-refractivity contribution in [2.24, 2.45) is 23.7 Å². The topological polar surface area (TPSA) is 52.6 Å². The van der Waals surface area contributed by atoms with Gasteiger partial charge in [0.05, 0.1) is 13.2 Å². The van der Waals surface area contributed by atoms with Crippen LogP contribution in [0, 0.1) is 23.7 Å². The summed E-state index contributed by atoms with van der Waals surface area (Å²) in [5.74, 6) is 2.35. The predicted molar refractivity (Wildman–Crippen MR) is 181 cm³/mol. The van der Waals surface area contributed by atoms with Crippen LogP contribution in [0.25, 0.3) is 0 Å². The Labute approximate surface area is 263 Å². The predicted octanol–water partition coefficient (Wildman–Crippen LogP) is 12.0. The second kappa shape index (κ2) is 30.0. The fourth-order valence-electron chi connectivity index (χ4n) is 5.92. The molecule has 250 valence electrons. The zero-order valence-corrected chi connectivity index (χ0v) is 29.3. The molecule has 0 aliphatic rings. The molecule has 3 unspecified atom stereocenters. The van der Waals surface area contributed by atoms with Gasteiger partial charge in [-0.05, 0) is 49.4 Å². The molecule has 0 aliphatic heterocycles. The number of carbonyl (C=O) groups excluding carboxylic acids is 2. The fraction of sp³-hybridized carbons (Fsp3) is 0.947. The lowest BCUT2D eigenvalue weighted by atomic mass is 9.86. The van der Waals surface area contributed by atoms with Crippen LogP contribution in [0.3, 0.4) is 0 Å². The van der Waals surface area contributed by atoms with Crippen molar-refractivity contribution >= 4 is 11.9 Å². The molecule has 0 N–H and O–H groups in total. The van der Waals surface area contributed by atoms with Gasteiger partial charge in [-0.15, -0.1) is 0 Å². The third-order valence-corrected chi connectivity index (χ3v) is 9.41. The van der Waals surface area contributed by atoms with Crippen LogP contribution in [0.1, 0.15) is 196 Å². The summed E-state index contributed by atoms with van der Waals surface area (Å²) in [7, 11) is 0. The molecule has 0 spiro atoms. The van der Waals surface area contributed by atoms with Crippen LogP contribution in [0.2, 0.25) is 0 Å². The molecule has 0 bridgehead atoms. The zero-order valence-electron chi connectivity index (χ0n) is 29.3. The molecule has 4 heteroatoms. The average Bonchev–Trinajstić information content (AvgIpc) is 2.98. The highest BCUT2D eigenvalue weighted by Gasteiger charge is 2.17. The molecule has 3 atom stereocenters. The standard InChI is InChI=1S/C38H74O4/c1-7-11-25-34(9-3)31-41-37(39)28-24-22-20-18-16-14-13-15-17-19-21-23-27-36(33(5)6)29-30-38(40)42-32-35(10-4)26-12-8-2/h33-36H,7-32H2,1-6H3. The summed E-state index contributed by atoms with van der Waals surface area (Å²) in [5.41, 5.74) is 0. The molecule has 0 saturated carbocycles. The summed E-state index contributed by atoms with van der Waals surface area (Å²) in [4.78, 5) is 24.3. The highest BCUT2D eigenvalue weighted by Crippen LogP contribution is 2.25. The van der Waals surface area contributed by atoms with Gasteiger partial charge in [0.25, 0.3) is 0 Å². The van der Waals surface area contributed by atoms with E-state index in [0.717, 1.165) is 32.1 Å². The number of ether oxygens (including phenoxy) is 2. The van der Waals surface area contributed by atoms with E-state index in [1.807, 2.05) is 0 Å². The lowest BCUT2D eigenvalue weighted by molar-refractivity contribution is -0.146. The van der Waals surface area contributed by atoms with Crippen LogP contribution in [0.4, 0.5) is 0 Å². The Morgan fingerprint density at radius 2 is 0.881 bits per heavy atom. The average molecular weight is 595 g/mol. The largest absolute Gasteiger partial charge is 0.465 e. The molecule has 0 aliphatic carbocycles. The van der Waals surface area contributed by atoms with Gasteiger partial charge in [0.1, 0.15) is 0 Å². The first-order valence-electron chi connectivity index (χ1n) is 18.7. The maximum atomic E-state index is 12.3. The minimum atomic E-state index is 0.00274. The van der Waals surface area contributed by atoms with Gasteiger partial charge in [0.2, 0.25) is 0 Å². The second-order valence-corrected chi connectivity index (χ2v) is 13.5. The van der Waals surface area contributed by atoms with Gasteiger partial charge in [0, 0.05) is 12.8 Å². The normalized spacial score (nSPS) is 13.7. The van der Waals surface area contributed by atoms with Gasteiger partial charge in [-0.3, -0.25) is 9.59 Å². The number of unbranched alkanes of at least 4 members (excludes halogenated alkanes) is 13. The number of rotatable bonds is 31. The summed E-state index contributed by atoms with van der Waals surface area (Å²) < 4.78 is 11.1. The SMILES string of the molecule is CCCCC(CC)COC(=O)CCCCCCCCCCCCCCC(CCC(=O)OCC(CC)CCCC)C(C)C. The number of carbonyl (C=O) groups is 2. The second-order valence-electron chi connectivity index (χ2n) is 13.5. The highest BCUT2D eigenvalue weighted by atomic mass is 16.5. The van der Waals surface area contributed by atoms with Gasteiger partial charge >= 0.3 is 11.9 Å². The molecule has 0 amide bonds. The summed E-state index contributed by atoms with van der Waals surface area (Å²) in [6.07, 6.45) is 28.2. The van der Waals surface area contributed by atoms with Crippen LogP contribution in [-0.2, 0) is 19.1 Å². The Balaban J connectivity index is 3.66. The summed E-state index contributed by atoms with van der Waals surface area (Å²) in [5, 5.41) is 0. The molecule has 0 saturated heterocycles. The maximum absolute atomic E-state index is 12.3. The Hall–Kier alpha value is -1.06. The van der Waals surface area contributed by atoms with Crippen LogP contribution in [0.5, 0.6) is 0 Å². The maximum Gasteiger partial charge on any atom is 0.305 e. The van der Waals surface area contributed by atoms with Gasteiger partial charge in [-0.2, -0.15) is 0 Å². The van der Waals surface area contributed by atoms with Crippen molar-refractivity contribution in [1.82, 2.24) is 0 Å². The van der Waals surface area contributed by atoms with E-state index in [0.29, 0.717) is 49.7 Å². The van der Waals surface area contributed by atoms with Crippen molar-refractivity contribution in [3.8, 4) is 0 Å². The Kier molecular flexibility index (Phi) is 29.2. The molecular formula is C38H74O4. The molecule has 0 heterocycles. The van der Waals surface area contributed by atoms with E-state index < -0.39 is 0 Å². The van der Waals surface area contributed by atoms with Crippen molar-refractivity contribution in [2.45, 2.75) is 196 Å². The van der Waals surface area contributed by atoms with Crippen molar-refractivity contribution in [1.29, 1.82) is 0 Å². The van der Waals surface area contributed by atoms with E-state index >= 15 is 0 Å². The summed E-state index contributed by atoms with van der Waals surface area (Å²) in [6.45, 7) is 14.7. The number of hydrogen-bond acceptors (Lipinski definition) is 4. The van der Waals surface area contributed by atoms with Gasteiger partial charge in [0.15, 0.2) is 0 Å². The third-order valence-electron chi connectivity index (χ3n) is 9.41. The zero-order chi connectivity index (χ0) is 31.3. The first-order chi connectivity index (χ1) is 20.4. The minimum Gasteiger partial charge on any atom is -0.465 e. The quantitative estimate of drug-likeness (QED) is 0.0591. The molecule has 0 rings (SSSR count). The van der Waals surface area contributed by atoms with Crippen molar-refractivity contribution in [3.63, 3.8) is 0 Å². The Morgan fingerprint density at radius 3 is 1.29 bits per heavy atom. The van der Waals surface area contributed by atoms with Gasteiger partial charge in [-0.25, -0.2) is 0 Å². The third kappa shape index (κ3) is 25.4. The smallest absolute Gasteiger partial charge is 0.305 e. The van der Waals surface area contributed by atoms with E-state index in [1.165, 1.54) is 109 Å². The molecule has 0 fully saturated rings. The lowest BCUT2D eigenvalue weighted by Gasteiger charge is -2.21. The lowest BCUT2D eigenvalue weighted by Crippen LogP contribution is -2.16. The number of hydrogen-bond donors (Lipinski definition) is 0. The molecule has 0 aromatic rings. The molecule has 0 radical (unpaired) electrons. The van der Waals surface area contributed by atoms with E-state index in [9.17, 15) is 9.59 Å². The van der Waals surface area contributed by atoms with Crippen LogP contribution in [-0.4, -0.2) is 25.2 Å². The monoisotopic (exact) mass is 595 g/mol. The first kappa shape index (κ1) is 40.9. The first-order valence-corrected chi connectivity index (χ1v) is 18.7. The highest BCUT2D eigenvalue weighted by molar-refractivity contribution is 5.69. The van der Waals surface area contributed by atoms with E-state index in [4.69, 9.17) is 9.47 Å². The Bertz CT molecular complexity index is 602. The summed E-state index contributed by atoms with van der Waals surface area (Å²) >= 11 is 0. The molecule has 0 aromatic heterocycles. The van der Waals surface area contributed by atoms with Crippen LogP contribution >= 0.6 is 0 Å². The number of esters is 2. The van der Waals surface area contributed by atoms with E-state index in [-0.39, 0.29) is 11.9 Å². The van der Waals surface area contributed by atoms with Gasteiger partial charge in [-0.1, -0.05) is 157 Å². The fourth-order valence-corrected chi connectivity index (χ4v) is 5.92. The van der Waals surface area contributed by atoms with Crippen LogP contribution in [0.15, 0.2) is 0 Å². The molecular weight excluding hydrogens is 520 g/mol. The Morgan fingerprint density at radius 1 is 0.476 bits per heavy atom. The van der Waals surface area contributed by atoms with Crippen molar-refractivity contribution in [2.75, 3.05) is 13.2 Å². The van der Waals surface area contributed by atoms with Crippen molar-refractivity contribution in [3.05, 3.63) is 0 Å². The molecule has 0 aromatic carbocycles. The summed E-state index contributed by atoms with van der Waals surface area (Å²) in [6, 6.07) is 0. The van der Waals surface area contributed by atoms with Gasteiger partial charge < -0.3 is 9.47 Å². The van der Waals surface area contributed by atoms with Crippen LogP contribution < -0.4 is 0 Å². The minimum absolute atomic E-state index is 0.00274. The van der Waals surface area contributed by atoms with E-state index in [1.54, 1.807) is 0 Å². The molecule has 42 heavy (non-hydrogen) atoms. The molecule has 4 nitrogen and oxygen atoms in total. The van der Waals surface area contributed by atoms with E-state index in [2.05, 4.69) is 41.5 Å².